The second-order valence-electron chi connectivity index (χ2n) is 4.92. The molecule has 0 spiro atoms. The lowest BCUT2D eigenvalue weighted by Crippen LogP contribution is -2.17. The molecule has 0 aliphatic rings. The summed E-state index contributed by atoms with van der Waals surface area (Å²) in [5, 5.41) is 8.80. The molecule has 1 N–H and O–H groups in total. The van der Waals surface area contributed by atoms with Crippen molar-refractivity contribution in [3.05, 3.63) is 71.0 Å². The summed E-state index contributed by atoms with van der Waals surface area (Å²) < 4.78 is 12.9. The van der Waals surface area contributed by atoms with Gasteiger partial charge < -0.3 is 5.11 Å². The van der Waals surface area contributed by atoms with Gasteiger partial charge in [-0.1, -0.05) is 42.2 Å². The lowest BCUT2D eigenvalue weighted by Gasteiger charge is -2.17. The molecule has 2 aromatic carbocycles. The van der Waals surface area contributed by atoms with Gasteiger partial charge in [-0.2, -0.15) is 0 Å². The highest BCUT2D eigenvalue weighted by Gasteiger charge is 2.05. The molecule has 0 aliphatic carbocycles. The predicted molar refractivity (Wildman–Crippen MR) is 82.0 cm³/mol. The summed E-state index contributed by atoms with van der Waals surface area (Å²) >= 11 is 0. The maximum atomic E-state index is 12.9. The highest BCUT2D eigenvalue weighted by Crippen LogP contribution is 2.12. The second-order valence-corrected chi connectivity index (χ2v) is 4.92. The highest BCUT2D eigenvalue weighted by molar-refractivity contribution is 5.41. The van der Waals surface area contributed by atoms with E-state index in [0.717, 1.165) is 29.8 Å². The van der Waals surface area contributed by atoms with E-state index in [0.29, 0.717) is 0 Å². The molecule has 0 aliphatic heterocycles. The Bertz CT molecular complexity index is 640. The molecule has 0 unspecified atom stereocenters. The molecule has 0 bridgehead atoms. The van der Waals surface area contributed by atoms with Crippen molar-refractivity contribution in [1.29, 1.82) is 0 Å². The normalized spacial score (nSPS) is 10.3. The molecule has 21 heavy (non-hydrogen) atoms. The molecule has 0 saturated heterocycles. The first-order valence-electron chi connectivity index (χ1n) is 6.79. The van der Waals surface area contributed by atoms with Crippen LogP contribution in [0.2, 0.25) is 0 Å². The van der Waals surface area contributed by atoms with Crippen LogP contribution in [0.15, 0.2) is 48.5 Å². The standard InChI is InChI=1S/C18H18FNO/c1-20(13-15-8-10-18(19)11-9-15)14-17-6-3-2-5-16(17)7-4-12-21/h2-3,5-6,8-11,21H,12-14H2,1H3. The number of benzene rings is 2. The summed E-state index contributed by atoms with van der Waals surface area (Å²) in [5.74, 6) is 5.43. The van der Waals surface area contributed by atoms with E-state index in [4.69, 9.17) is 5.11 Å². The summed E-state index contributed by atoms with van der Waals surface area (Å²) in [6, 6.07) is 14.4. The summed E-state index contributed by atoms with van der Waals surface area (Å²) in [6.45, 7) is 1.34. The van der Waals surface area contributed by atoms with E-state index in [-0.39, 0.29) is 12.4 Å². The van der Waals surface area contributed by atoms with Gasteiger partial charge in [0, 0.05) is 18.7 Å². The Morgan fingerprint density at radius 1 is 1.05 bits per heavy atom. The first-order chi connectivity index (χ1) is 10.2. The molecular weight excluding hydrogens is 265 g/mol. The largest absolute Gasteiger partial charge is 0.384 e. The first-order valence-corrected chi connectivity index (χ1v) is 6.79. The zero-order valence-electron chi connectivity index (χ0n) is 12.0. The van der Waals surface area contributed by atoms with Gasteiger partial charge in [-0.05, 0) is 36.4 Å². The Hall–Kier alpha value is -2.15. The molecule has 0 radical (unpaired) electrons. The molecule has 0 aromatic heterocycles. The number of hydrogen-bond donors (Lipinski definition) is 1. The summed E-state index contributed by atoms with van der Waals surface area (Å²) in [6.07, 6.45) is 0. The van der Waals surface area contributed by atoms with Crippen LogP contribution in [-0.4, -0.2) is 23.7 Å². The van der Waals surface area contributed by atoms with E-state index in [1.807, 2.05) is 31.3 Å². The van der Waals surface area contributed by atoms with Gasteiger partial charge in [0.1, 0.15) is 12.4 Å². The Morgan fingerprint density at radius 3 is 2.48 bits per heavy atom. The molecule has 0 saturated carbocycles. The summed E-state index contributed by atoms with van der Waals surface area (Å²) in [4.78, 5) is 2.15. The monoisotopic (exact) mass is 283 g/mol. The van der Waals surface area contributed by atoms with Crippen molar-refractivity contribution in [3.8, 4) is 11.8 Å². The lowest BCUT2D eigenvalue weighted by atomic mass is 10.1. The molecule has 0 atom stereocenters. The zero-order chi connectivity index (χ0) is 15.1. The average Bonchev–Trinajstić information content (AvgIpc) is 2.49. The molecule has 0 fully saturated rings. The van der Waals surface area contributed by atoms with Gasteiger partial charge in [-0.15, -0.1) is 0 Å². The number of nitrogens with zero attached hydrogens (tertiary/aromatic N) is 1. The third-order valence-corrected chi connectivity index (χ3v) is 3.13. The van der Waals surface area contributed by atoms with E-state index in [2.05, 4.69) is 16.7 Å². The van der Waals surface area contributed by atoms with E-state index >= 15 is 0 Å². The fraction of sp³-hybridized carbons (Fsp3) is 0.222. The number of rotatable bonds is 4. The summed E-state index contributed by atoms with van der Waals surface area (Å²) in [7, 11) is 2.01. The SMILES string of the molecule is CN(Cc1ccc(F)cc1)Cc1ccccc1C#CCO. The van der Waals surface area contributed by atoms with Crippen molar-refractivity contribution in [3.63, 3.8) is 0 Å². The molecule has 0 heterocycles. The number of aliphatic hydroxyl groups is 1. The number of halogens is 1. The fourth-order valence-electron chi connectivity index (χ4n) is 2.16. The maximum absolute atomic E-state index is 12.9. The number of hydrogen-bond acceptors (Lipinski definition) is 2. The highest BCUT2D eigenvalue weighted by atomic mass is 19.1. The van der Waals surface area contributed by atoms with Crippen molar-refractivity contribution in [2.24, 2.45) is 0 Å². The van der Waals surface area contributed by atoms with Gasteiger partial charge in [-0.25, -0.2) is 4.39 Å². The smallest absolute Gasteiger partial charge is 0.123 e. The molecule has 2 nitrogen and oxygen atoms in total. The third-order valence-electron chi connectivity index (χ3n) is 3.13. The first kappa shape index (κ1) is 15.2. The Labute approximate surface area is 124 Å². The van der Waals surface area contributed by atoms with Crippen molar-refractivity contribution in [1.82, 2.24) is 4.90 Å². The predicted octanol–water partition coefficient (Wildman–Crippen LogP) is 2.80. The van der Waals surface area contributed by atoms with Crippen LogP contribution in [0.3, 0.4) is 0 Å². The molecule has 108 valence electrons. The topological polar surface area (TPSA) is 23.5 Å². The minimum Gasteiger partial charge on any atom is -0.384 e. The Morgan fingerprint density at radius 2 is 1.76 bits per heavy atom. The van der Waals surface area contributed by atoms with Crippen molar-refractivity contribution >= 4 is 0 Å². The van der Waals surface area contributed by atoms with E-state index in [1.54, 1.807) is 12.1 Å². The third kappa shape index (κ3) is 4.71. The van der Waals surface area contributed by atoms with E-state index < -0.39 is 0 Å². The van der Waals surface area contributed by atoms with Gasteiger partial charge in [0.15, 0.2) is 0 Å². The second kappa shape index (κ2) is 7.58. The molecule has 0 amide bonds. The summed E-state index contributed by atoms with van der Waals surface area (Å²) in [5.41, 5.74) is 3.11. The van der Waals surface area contributed by atoms with Gasteiger partial charge in [0.2, 0.25) is 0 Å². The van der Waals surface area contributed by atoms with Crippen LogP contribution in [0.4, 0.5) is 4.39 Å². The minimum absolute atomic E-state index is 0.139. The Balaban J connectivity index is 2.05. The van der Waals surface area contributed by atoms with Gasteiger partial charge in [-0.3, -0.25) is 4.90 Å². The van der Waals surface area contributed by atoms with Gasteiger partial charge in [0.05, 0.1) is 0 Å². The minimum atomic E-state index is -0.217. The van der Waals surface area contributed by atoms with Crippen LogP contribution in [0.1, 0.15) is 16.7 Å². The molecule has 3 heteroatoms. The average molecular weight is 283 g/mol. The van der Waals surface area contributed by atoms with Crippen LogP contribution in [0.25, 0.3) is 0 Å². The van der Waals surface area contributed by atoms with Gasteiger partial charge in [0.25, 0.3) is 0 Å². The van der Waals surface area contributed by atoms with Crippen LogP contribution < -0.4 is 0 Å². The maximum Gasteiger partial charge on any atom is 0.123 e. The van der Waals surface area contributed by atoms with Crippen LogP contribution in [-0.2, 0) is 13.1 Å². The van der Waals surface area contributed by atoms with Crippen molar-refractivity contribution in [2.45, 2.75) is 13.1 Å². The zero-order valence-corrected chi connectivity index (χ0v) is 12.0. The van der Waals surface area contributed by atoms with Crippen LogP contribution >= 0.6 is 0 Å². The van der Waals surface area contributed by atoms with Crippen LogP contribution in [0, 0.1) is 17.7 Å². The number of aliphatic hydroxyl groups excluding tert-OH is 1. The molecule has 2 aromatic rings. The van der Waals surface area contributed by atoms with Crippen molar-refractivity contribution < 1.29 is 9.50 Å². The van der Waals surface area contributed by atoms with Gasteiger partial charge >= 0.3 is 0 Å². The fourth-order valence-corrected chi connectivity index (χ4v) is 2.16. The quantitative estimate of drug-likeness (QED) is 0.872. The van der Waals surface area contributed by atoms with E-state index in [9.17, 15) is 4.39 Å². The van der Waals surface area contributed by atoms with Crippen LogP contribution in [0.5, 0.6) is 0 Å². The Kier molecular flexibility index (Phi) is 5.51. The lowest BCUT2D eigenvalue weighted by molar-refractivity contribution is 0.318. The molecular formula is C18H18FNO. The van der Waals surface area contributed by atoms with E-state index in [1.165, 1.54) is 12.1 Å². The van der Waals surface area contributed by atoms with Crippen molar-refractivity contribution in [2.75, 3.05) is 13.7 Å². The molecule has 2 rings (SSSR count).